The first-order valence-electron chi connectivity index (χ1n) is 16.0. The molecule has 1 saturated heterocycles. The lowest BCUT2D eigenvalue weighted by molar-refractivity contribution is -0.142. The molecule has 2 aliphatic rings. The van der Waals surface area contributed by atoms with E-state index in [1.165, 1.54) is 0 Å². The molecule has 236 valence electrons. The molecule has 1 aliphatic carbocycles. The summed E-state index contributed by atoms with van der Waals surface area (Å²) in [6, 6.07) is 15.6. The van der Waals surface area contributed by atoms with Crippen molar-refractivity contribution in [1.82, 2.24) is 20.5 Å². The maximum atomic E-state index is 13.8. The maximum absolute atomic E-state index is 13.8. The van der Waals surface area contributed by atoms with Gasteiger partial charge in [0.1, 0.15) is 0 Å². The molecule has 5 rings (SSSR count). The zero-order valence-electron chi connectivity index (χ0n) is 25.8. The minimum atomic E-state index is -1.35. The van der Waals surface area contributed by atoms with Gasteiger partial charge in [0.25, 0.3) is 0 Å². The van der Waals surface area contributed by atoms with Crippen LogP contribution in [0.3, 0.4) is 0 Å². The average molecular weight is 621 g/mol. The van der Waals surface area contributed by atoms with Gasteiger partial charge in [-0.05, 0) is 101 Å². The van der Waals surface area contributed by atoms with Crippen molar-refractivity contribution in [3.05, 3.63) is 64.7 Å². The van der Waals surface area contributed by atoms with Gasteiger partial charge in [-0.25, -0.2) is 9.78 Å². The van der Waals surface area contributed by atoms with E-state index in [-0.39, 0.29) is 24.3 Å². The summed E-state index contributed by atoms with van der Waals surface area (Å²) in [5.41, 5.74) is 2.61. The van der Waals surface area contributed by atoms with Crippen molar-refractivity contribution >= 4 is 34.5 Å². The second-order valence-electron chi connectivity index (χ2n) is 12.7. The highest BCUT2D eigenvalue weighted by Crippen LogP contribution is 2.46. The fourth-order valence-electron chi connectivity index (χ4n) is 7.42. The van der Waals surface area contributed by atoms with Crippen molar-refractivity contribution in [1.29, 1.82) is 0 Å². The smallest absolute Gasteiger partial charge is 0.404 e. The number of rotatable bonds is 10. The molecule has 9 heteroatoms. The molecule has 3 aromatic rings. The molecule has 2 aromatic carbocycles. The van der Waals surface area contributed by atoms with Gasteiger partial charge in [-0.3, -0.25) is 4.79 Å². The van der Waals surface area contributed by atoms with E-state index < -0.39 is 11.7 Å². The van der Waals surface area contributed by atoms with E-state index in [4.69, 9.17) is 21.7 Å². The molecule has 0 radical (unpaired) electrons. The van der Waals surface area contributed by atoms with Crippen LogP contribution >= 0.6 is 11.6 Å². The minimum Gasteiger partial charge on any atom is -0.465 e. The number of nitrogens with zero attached hydrogens (tertiary/aromatic N) is 2. The number of para-hydroxylation sites is 1. The van der Waals surface area contributed by atoms with E-state index in [1.807, 2.05) is 67.4 Å². The molecular formula is C35H45ClN4O4. The summed E-state index contributed by atoms with van der Waals surface area (Å²) in [5.74, 6) is 0.605. The van der Waals surface area contributed by atoms with Crippen LogP contribution in [-0.2, 0) is 10.4 Å². The van der Waals surface area contributed by atoms with Gasteiger partial charge in [0.05, 0.1) is 21.8 Å². The summed E-state index contributed by atoms with van der Waals surface area (Å²) in [4.78, 5) is 32.0. The number of piperidine rings is 1. The number of fused-ring (bicyclic) bond motifs is 1. The van der Waals surface area contributed by atoms with Crippen LogP contribution in [0.25, 0.3) is 22.2 Å². The molecule has 0 spiro atoms. The summed E-state index contributed by atoms with van der Waals surface area (Å²) in [6.07, 6.45) is 5.12. The molecular weight excluding hydrogens is 576 g/mol. The largest absolute Gasteiger partial charge is 0.465 e. The summed E-state index contributed by atoms with van der Waals surface area (Å²) >= 11 is 6.91. The highest BCUT2D eigenvalue weighted by atomic mass is 35.5. The number of carbonyl (C=O) groups is 2. The number of aliphatic hydroxyl groups is 1. The number of nitrogens with one attached hydrogen (secondary N) is 2. The molecule has 44 heavy (non-hydrogen) atoms. The molecule has 0 bridgehead atoms. The first kappa shape index (κ1) is 32.2. The van der Waals surface area contributed by atoms with Crippen LogP contribution in [0.2, 0.25) is 5.02 Å². The Morgan fingerprint density at radius 1 is 1.07 bits per heavy atom. The van der Waals surface area contributed by atoms with Crippen molar-refractivity contribution in [2.75, 3.05) is 33.2 Å². The van der Waals surface area contributed by atoms with E-state index in [1.54, 1.807) is 0 Å². The van der Waals surface area contributed by atoms with Crippen molar-refractivity contribution in [3.63, 3.8) is 0 Å². The van der Waals surface area contributed by atoms with E-state index in [2.05, 4.69) is 10.6 Å². The molecule has 8 nitrogen and oxygen atoms in total. The zero-order chi connectivity index (χ0) is 31.3. The number of halogens is 1. The van der Waals surface area contributed by atoms with Gasteiger partial charge in [-0.2, -0.15) is 0 Å². The normalized spacial score (nSPS) is 22.0. The van der Waals surface area contributed by atoms with Crippen molar-refractivity contribution in [2.24, 2.45) is 17.8 Å². The van der Waals surface area contributed by atoms with E-state index in [0.717, 1.165) is 61.5 Å². The standard InChI is InChI=1S/C35H45ClN4O4/c1-23-7-3-8-25-16-17-30(39-32(23)25)31-28(10-4-11-29(31)36)35(44,18-6-19-38-34(42)43)27-9-5-20-40(22-27)33(41)26-14-12-24(13-15-26)21-37-2/h3-4,7-8,10-11,16-17,24,26-27,37-38,44H,5-6,9,12-15,18-22H2,1-2H3,(H,42,43)/t24-,26-,27-,35+/m1/s1. The SMILES string of the molecule is CNC[C@H]1CC[C@H](C(=O)N2CCC[C@@H]([C@@](O)(CCCNC(=O)O)c3cccc(Cl)c3-c3ccc4cccc(C)c4n3)C2)CC1. The quantitative estimate of drug-likeness (QED) is 0.196. The minimum absolute atomic E-state index is 0.0292. The van der Waals surface area contributed by atoms with Gasteiger partial charge in [0, 0.05) is 42.4 Å². The van der Waals surface area contributed by atoms with Crippen LogP contribution < -0.4 is 10.6 Å². The van der Waals surface area contributed by atoms with Crippen molar-refractivity contribution in [2.45, 2.75) is 63.9 Å². The Bertz CT molecular complexity index is 1470. The van der Waals surface area contributed by atoms with Crippen LogP contribution in [0, 0.1) is 24.7 Å². The third-order valence-electron chi connectivity index (χ3n) is 9.77. The number of carboxylic acid groups (broad SMARTS) is 1. The first-order valence-corrected chi connectivity index (χ1v) is 16.4. The predicted molar refractivity (Wildman–Crippen MR) is 175 cm³/mol. The summed E-state index contributed by atoms with van der Waals surface area (Å²) in [6.45, 7) is 4.38. The fourth-order valence-corrected chi connectivity index (χ4v) is 7.69. The molecule has 1 aromatic heterocycles. The second kappa shape index (κ2) is 14.3. The van der Waals surface area contributed by atoms with E-state index >= 15 is 0 Å². The molecule has 2 heterocycles. The van der Waals surface area contributed by atoms with Crippen molar-refractivity contribution < 1.29 is 19.8 Å². The van der Waals surface area contributed by atoms with E-state index in [9.17, 15) is 14.7 Å². The molecule has 2 fully saturated rings. The van der Waals surface area contributed by atoms with Crippen LogP contribution in [-0.4, -0.2) is 65.3 Å². The van der Waals surface area contributed by atoms with Crippen molar-refractivity contribution in [3.8, 4) is 11.3 Å². The monoisotopic (exact) mass is 620 g/mol. The molecule has 0 unspecified atom stereocenters. The van der Waals surface area contributed by atoms with Gasteiger partial charge in [0.15, 0.2) is 0 Å². The molecule has 2 amide bonds. The number of amides is 2. The lowest BCUT2D eigenvalue weighted by Gasteiger charge is -2.44. The summed E-state index contributed by atoms with van der Waals surface area (Å²) in [5, 5.41) is 29.2. The lowest BCUT2D eigenvalue weighted by Crippen LogP contribution is -2.50. The topological polar surface area (TPSA) is 115 Å². The first-order chi connectivity index (χ1) is 21.2. The maximum Gasteiger partial charge on any atom is 0.404 e. The zero-order valence-corrected chi connectivity index (χ0v) is 26.6. The number of hydrogen-bond donors (Lipinski definition) is 4. The van der Waals surface area contributed by atoms with Gasteiger partial charge in [-0.1, -0.05) is 48.0 Å². The number of aryl methyl sites for hydroxylation is 1. The highest BCUT2D eigenvalue weighted by molar-refractivity contribution is 6.33. The number of hydrogen-bond acceptors (Lipinski definition) is 5. The highest BCUT2D eigenvalue weighted by Gasteiger charge is 2.44. The molecule has 4 N–H and O–H groups in total. The second-order valence-corrected chi connectivity index (χ2v) is 13.1. The number of aromatic nitrogens is 1. The van der Waals surface area contributed by atoms with Gasteiger partial charge in [-0.15, -0.1) is 0 Å². The van der Waals surface area contributed by atoms with Crippen LogP contribution in [0.15, 0.2) is 48.5 Å². The Balaban J connectivity index is 1.47. The summed E-state index contributed by atoms with van der Waals surface area (Å²) in [7, 11) is 1.98. The molecule has 2 atom stereocenters. The van der Waals surface area contributed by atoms with Gasteiger partial charge >= 0.3 is 6.09 Å². The Morgan fingerprint density at radius 3 is 2.59 bits per heavy atom. The Hall–Kier alpha value is -3.20. The van der Waals surface area contributed by atoms with Crippen LogP contribution in [0.5, 0.6) is 0 Å². The number of benzene rings is 2. The van der Waals surface area contributed by atoms with Gasteiger partial charge < -0.3 is 25.7 Å². The third-order valence-corrected chi connectivity index (χ3v) is 10.1. The average Bonchev–Trinajstić information content (AvgIpc) is 3.03. The number of pyridine rings is 1. The van der Waals surface area contributed by atoms with Crippen LogP contribution in [0.1, 0.15) is 62.5 Å². The van der Waals surface area contributed by atoms with E-state index in [0.29, 0.717) is 53.7 Å². The van der Waals surface area contributed by atoms with Crippen LogP contribution in [0.4, 0.5) is 4.79 Å². The Kier molecular flexibility index (Phi) is 10.4. The third kappa shape index (κ3) is 7.03. The van der Waals surface area contributed by atoms with Gasteiger partial charge in [0.2, 0.25) is 5.91 Å². The number of carbonyl (C=O) groups excluding carboxylic acids is 1. The lowest BCUT2D eigenvalue weighted by atomic mass is 9.72. The predicted octanol–water partition coefficient (Wildman–Crippen LogP) is 6.36. The summed E-state index contributed by atoms with van der Waals surface area (Å²) < 4.78 is 0. The number of likely N-dealkylation sites (tertiary alicyclic amines) is 1. The Labute approximate surface area is 265 Å². The fraction of sp³-hybridized carbons (Fsp3) is 0.514. The molecule has 1 aliphatic heterocycles. The Morgan fingerprint density at radius 2 is 1.84 bits per heavy atom. The molecule has 1 saturated carbocycles.